The van der Waals surface area contributed by atoms with E-state index in [1.807, 2.05) is 24.3 Å². The van der Waals surface area contributed by atoms with E-state index in [1.165, 1.54) is 38.5 Å². The molecule has 0 unspecified atom stereocenters. The lowest BCUT2D eigenvalue weighted by molar-refractivity contribution is -0.162. The number of nitrogens with one attached hydrogen (secondary N) is 1. The molecule has 27 heavy (non-hydrogen) atoms. The highest BCUT2D eigenvalue weighted by Crippen LogP contribution is 2.57. The number of hydrogen-bond donors (Lipinski definition) is 1. The fraction of sp³-hybridized carbons (Fsp3) is 0.696. The molecular weight excluding hydrogens is 338 g/mol. The summed E-state index contributed by atoms with van der Waals surface area (Å²) in [5.74, 6) is 3.72. The fourth-order valence-corrected chi connectivity index (χ4v) is 6.42. The van der Waals surface area contributed by atoms with E-state index in [0.717, 1.165) is 48.5 Å². The molecule has 1 N–H and O–H groups in total. The van der Waals surface area contributed by atoms with Crippen LogP contribution in [0.5, 0.6) is 5.75 Å². The summed E-state index contributed by atoms with van der Waals surface area (Å²) < 4.78 is 12.2. The summed E-state index contributed by atoms with van der Waals surface area (Å²) in [5.41, 5.74) is 1.31. The summed E-state index contributed by atoms with van der Waals surface area (Å²) in [4.78, 5) is 12.5. The normalized spacial score (nSPS) is 36.1. The topological polar surface area (TPSA) is 47.6 Å². The maximum Gasteiger partial charge on any atom is 0.226 e. The van der Waals surface area contributed by atoms with Crippen molar-refractivity contribution < 1.29 is 14.3 Å². The highest BCUT2D eigenvalue weighted by atomic mass is 16.5. The van der Waals surface area contributed by atoms with Gasteiger partial charge in [-0.1, -0.05) is 18.2 Å². The minimum atomic E-state index is -0.0797. The van der Waals surface area contributed by atoms with Crippen LogP contribution in [-0.4, -0.2) is 31.3 Å². The van der Waals surface area contributed by atoms with Gasteiger partial charge in [-0.05, 0) is 80.8 Å². The fourth-order valence-electron chi connectivity index (χ4n) is 6.42. The standard InChI is InChI=1S/C23H31NO3/c25-22(20-11-19-4-1-2-5-21(19)26-15-20)24-6-3-7-27-23-12-16-8-17(13-23)10-18(9-16)14-23/h1-2,4-5,16-18,20H,3,6-15H2,(H,24,25)/t16?,17?,18?,20-,23?/m0/s1. The van der Waals surface area contributed by atoms with Crippen molar-refractivity contribution in [3.63, 3.8) is 0 Å². The number of carbonyl (C=O) groups is 1. The molecule has 4 heteroatoms. The van der Waals surface area contributed by atoms with E-state index in [9.17, 15) is 4.79 Å². The van der Waals surface area contributed by atoms with Crippen LogP contribution in [0.3, 0.4) is 0 Å². The first-order chi connectivity index (χ1) is 13.2. The lowest BCUT2D eigenvalue weighted by Crippen LogP contribution is -2.52. The lowest BCUT2D eigenvalue weighted by atomic mass is 9.54. The first kappa shape index (κ1) is 17.5. The zero-order valence-corrected chi connectivity index (χ0v) is 16.1. The van der Waals surface area contributed by atoms with Crippen molar-refractivity contribution in [3.05, 3.63) is 29.8 Å². The molecule has 1 aromatic carbocycles. The number of fused-ring (bicyclic) bond motifs is 1. The van der Waals surface area contributed by atoms with E-state index in [0.29, 0.717) is 13.2 Å². The minimum Gasteiger partial charge on any atom is -0.492 e. The summed E-state index contributed by atoms with van der Waals surface area (Å²) in [5, 5.41) is 3.09. The third kappa shape index (κ3) is 3.61. The van der Waals surface area contributed by atoms with Crippen LogP contribution in [0.1, 0.15) is 50.5 Å². The van der Waals surface area contributed by atoms with Gasteiger partial charge in [-0.3, -0.25) is 4.79 Å². The van der Waals surface area contributed by atoms with E-state index < -0.39 is 0 Å². The Morgan fingerprint density at radius 3 is 2.56 bits per heavy atom. The highest BCUT2D eigenvalue weighted by Gasteiger charge is 2.51. The quantitative estimate of drug-likeness (QED) is 0.777. The van der Waals surface area contributed by atoms with Crippen LogP contribution in [-0.2, 0) is 16.0 Å². The SMILES string of the molecule is O=C(NCCCOC12CC3CC(CC(C3)C1)C2)[C@@H]1COc2ccccc2C1. The molecule has 6 rings (SSSR count). The van der Waals surface area contributed by atoms with Gasteiger partial charge in [0.25, 0.3) is 0 Å². The second-order valence-corrected chi connectivity index (χ2v) is 9.41. The Kier molecular flexibility index (Phi) is 4.63. The molecule has 0 aromatic heterocycles. The van der Waals surface area contributed by atoms with E-state index in [-0.39, 0.29) is 17.4 Å². The maximum atomic E-state index is 12.5. The maximum absolute atomic E-state index is 12.5. The van der Waals surface area contributed by atoms with Gasteiger partial charge in [-0.15, -0.1) is 0 Å². The molecule has 0 saturated heterocycles. The van der Waals surface area contributed by atoms with E-state index in [2.05, 4.69) is 5.32 Å². The van der Waals surface area contributed by atoms with Crippen molar-refractivity contribution in [2.45, 2.75) is 57.0 Å². The number of para-hydroxylation sites is 1. The van der Waals surface area contributed by atoms with E-state index >= 15 is 0 Å². The monoisotopic (exact) mass is 369 g/mol. The van der Waals surface area contributed by atoms with Crippen molar-refractivity contribution in [2.75, 3.05) is 19.8 Å². The Balaban J connectivity index is 1.05. The second-order valence-electron chi connectivity index (χ2n) is 9.41. The van der Waals surface area contributed by atoms with Gasteiger partial charge in [0.05, 0.1) is 11.5 Å². The number of rotatable bonds is 6. The van der Waals surface area contributed by atoms with Gasteiger partial charge in [0.1, 0.15) is 12.4 Å². The first-order valence-electron chi connectivity index (χ1n) is 10.8. The average Bonchev–Trinajstić information content (AvgIpc) is 2.66. The average molecular weight is 370 g/mol. The molecule has 4 nitrogen and oxygen atoms in total. The molecule has 4 aliphatic carbocycles. The van der Waals surface area contributed by atoms with Crippen LogP contribution in [0.2, 0.25) is 0 Å². The number of benzene rings is 1. The number of amides is 1. The molecule has 146 valence electrons. The Morgan fingerprint density at radius 2 is 1.81 bits per heavy atom. The molecule has 0 spiro atoms. The molecule has 4 fully saturated rings. The van der Waals surface area contributed by atoms with E-state index in [4.69, 9.17) is 9.47 Å². The van der Waals surface area contributed by atoms with Crippen molar-refractivity contribution in [3.8, 4) is 5.75 Å². The van der Waals surface area contributed by atoms with Crippen LogP contribution < -0.4 is 10.1 Å². The predicted molar refractivity (Wildman–Crippen MR) is 104 cm³/mol. The highest BCUT2D eigenvalue weighted by molar-refractivity contribution is 5.79. The zero-order valence-electron chi connectivity index (χ0n) is 16.1. The molecule has 1 amide bonds. The van der Waals surface area contributed by atoms with Gasteiger partial charge in [0.15, 0.2) is 0 Å². The summed E-state index contributed by atoms with van der Waals surface area (Å²) in [6.07, 6.45) is 9.86. The zero-order chi connectivity index (χ0) is 18.3. The molecule has 4 bridgehead atoms. The first-order valence-corrected chi connectivity index (χ1v) is 10.8. The van der Waals surface area contributed by atoms with Crippen LogP contribution in [0, 0.1) is 23.7 Å². The largest absolute Gasteiger partial charge is 0.492 e. The van der Waals surface area contributed by atoms with Crippen LogP contribution in [0.25, 0.3) is 0 Å². The summed E-state index contributed by atoms with van der Waals surface area (Å²) in [6, 6.07) is 8.01. The molecule has 5 aliphatic rings. The minimum absolute atomic E-state index is 0.0797. The van der Waals surface area contributed by atoms with Gasteiger partial charge in [0.2, 0.25) is 5.91 Å². The summed E-state index contributed by atoms with van der Waals surface area (Å²) in [6.45, 7) is 1.95. The number of carbonyl (C=O) groups excluding carboxylic acids is 1. The molecule has 0 radical (unpaired) electrons. The predicted octanol–water partition coefficient (Wildman–Crippen LogP) is 3.73. The Morgan fingerprint density at radius 1 is 1.11 bits per heavy atom. The van der Waals surface area contributed by atoms with Crippen LogP contribution in [0.15, 0.2) is 24.3 Å². The van der Waals surface area contributed by atoms with Crippen molar-refractivity contribution in [2.24, 2.45) is 23.7 Å². The van der Waals surface area contributed by atoms with Gasteiger partial charge in [-0.2, -0.15) is 0 Å². The van der Waals surface area contributed by atoms with Gasteiger partial charge >= 0.3 is 0 Å². The van der Waals surface area contributed by atoms with Crippen molar-refractivity contribution >= 4 is 5.91 Å². The summed E-state index contributed by atoms with van der Waals surface area (Å²) >= 11 is 0. The Bertz CT molecular complexity index is 665. The smallest absolute Gasteiger partial charge is 0.226 e. The van der Waals surface area contributed by atoms with Gasteiger partial charge < -0.3 is 14.8 Å². The molecule has 1 aromatic rings. The Labute approximate surface area is 162 Å². The molecule has 1 heterocycles. The molecular formula is C23H31NO3. The van der Waals surface area contributed by atoms with Gasteiger partial charge in [-0.25, -0.2) is 0 Å². The number of ether oxygens (including phenoxy) is 2. The van der Waals surface area contributed by atoms with Crippen molar-refractivity contribution in [1.29, 1.82) is 0 Å². The molecule has 1 atom stereocenters. The van der Waals surface area contributed by atoms with Gasteiger partial charge in [0, 0.05) is 13.2 Å². The van der Waals surface area contributed by atoms with E-state index in [1.54, 1.807) is 0 Å². The van der Waals surface area contributed by atoms with Crippen LogP contribution in [0.4, 0.5) is 0 Å². The molecule has 4 saturated carbocycles. The lowest BCUT2D eigenvalue weighted by Gasteiger charge is -2.56. The summed E-state index contributed by atoms with van der Waals surface area (Å²) in [7, 11) is 0. The third-order valence-electron chi connectivity index (χ3n) is 7.26. The second kappa shape index (κ2) is 7.12. The Hall–Kier alpha value is -1.55. The number of hydrogen-bond acceptors (Lipinski definition) is 3. The van der Waals surface area contributed by atoms with Crippen LogP contribution >= 0.6 is 0 Å². The van der Waals surface area contributed by atoms with Crippen molar-refractivity contribution in [1.82, 2.24) is 5.32 Å². The molecule has 1 aliphatic heterocycles. The third-order valence-corrected chi connectivity index (χ3v) is 7.26.